The van der Waals surface area contributed by atoms with Gasteiger partial charge in [0.05, 0.1) is 5.56 Å². The van der Waals surface area contributed by atoms with Crippen molar-refractivity contribution in [2.24, 2.45) is 5.73 Å². The smallest absolute Gasteiger partial charge is 0.255 e. The Morgan fingerprint density at radius 3 is 2.88 bits per heavy atom. The van der Waals surface area contributed by atoms with Crippen LogP contribution in [0.4, 0.5) is 0 Å². The van der Waals surface area contributed by atoms with Gasteiger partial charge in [-0.2, -0.15) is 0 Å². The molecule has 16 heavy (non-hydrogen) atoms. The molecule has 1 unspecified atom stereocenters. The summed E-state index contributed by atoms with van der Waals surface area (Å²) in [5.74, 6) is 0.00606. The second kappa shape index (κ2) is 5.61. The third-order valence-corrected chi connectivity index (χ3v) is 2.80. The van der Waals surface area contributed by atoms with Gasteiger partial charge in [0.1, 0.15) is 0 Å². The summed E-state index contributed by atoms with van der Waals surface area (Å²) in [6, 6.07) is 3.73. The molecule has 0 radical (unpaired) electrons. The fourth-order valence-electron chi connectivity index (χ4n) is 1.54. The molecule has 4 heteroatoms. The molecule has 0 aliphatic heterocycles. The predicted octanol–water partition coefficient (Wildman–Crippen LogP) is 1.20. The number of rotatable bonds is 4. The van der Waals surface area contributed by atoms with Gasteiger partial charge in [-0.1, -0.05) is 0 Å². The third-order valence-electron chi connectivity index (χ3n) is 2.80. The van der Waals surface area contributed by atoms with Gasteiger partial charge in [-0.25, -0.2) is 0 Å². The first-order chi connectivity index (χ1) is 7.57. The molecule has 0 aromatic carbocycles. The van der Waals surface area contributed by atoms with Gasteiger partial charge in [-0.3, -0.25) is 9.78 Å². The first-order valence-corrected chi connectivity index (χ1v) is 5.46. The van der Waals surface area contributed by atoms with Gasteiger partial charge in [0.15, 0.2) is 0 Å². The molecule has 1 aromatic rings. The molecule has 0 aliphatic rings. The molecule has 1 aromatic heterocycles. The molecule has 1 atom stereocenters. The molecule has 0 fully saturated rings. The number of carbonyl (C=O) groups is 1. The molecular weight excluding hydrogens is 202 g/mol. The molecule has 0 aliphatic carbocycles. The highest BCUT2D eigenvalue weighted by atomic mass is 16.2. The van der Waals surface area contributed by atoms with Gasteiger partial charge in [-0.15, -0.1) is 0 Å². The molecule has 1 rings (SSSR count). The summed E-state index contributed by atoms with van der Waals surface area (Å²) in [6.07, 6.45) is 2.50. The van der Waals surface area contributed by atoms with Crippen molar-refractivity contribution in [1.29, 1.82) is 0 Å². The summed E-state index contributed by atoms with van der Waals surface area (Å²) in [4.78, 5) is 18.0. The van der Waals surface area contributed by atoms with Crippen LogP contribution in [0.15, 0.2) is 18.3 Å². The minimum atomic E-state index is 0.00606. The Labute approximate surface area is 96.5 Å². The zero-order valence-corrected chi connectivity index (χ0v) is 10.1. The van der Waals surface area contributed by atoms with E-state index in [1.54, 1.807) is 30.3 Å². The van der Waals surface area contributed by atoms with Crippen LogP contribution in [0.25, 0.3) is 0 Å². The van der Waals surface area contributed by atoms with Crippen LogP contribution >= 0.6 is 0 Å². The van der Waals surface area contributed by atoms with Crippen LogP contribution in [0.3, 0.4) is 0 Å². The van der Waals surface area contributed by atoms with Crippen molar-refractivity contribution < 1.29 is 4.79 Å². The van der Waals surface area contributed by atoms with Crippen LogP contribution in [-0.2, 0) is 0 Å². The first kappa shape index (κ1) is 12.6. The van der Waals surface area contributed by atoms with E-state index in [1.807, 2.05) is 13.8 Å². The number of carbonyl (C=O) groups excluding carboxylic acids is 1. The number of pyridine rings is 1. The van der Waals surface area contributed by atoms with Crippen molar-refractivity contribution in [3.63, 3.8) is 0 Å². The van der Waals surface area contributed by atoms with Crippen LogP contribution in [0.2, 0.25) is 0 Å². The molecule has 2 N–H and O–H groups in total. The van der Waals surface area contributed by atoms with Crippen LogP contribution in [0.1, 0.15) is 29.4 Å². The number of nitrogens with zero attached hydrogens (tertiary/aromatic N) is 2. The second-order valence-corrected chi connectivity index (χ2v) is 3.98. The maximum Gasteiger partial charge on any atom is 0.255 e. The summed E-state index contributed by atoms with van der Waals surface area (Å²) in [7, 11) is 1.80. The number of hydrogen-bond donors (Lipinski definition) is 1. The fourth-order valence-corrected chi connectivity index (χ4v) is 1.54. The third kappa shape index (κ3) is 2.79. The average molecular weight is 221 g/mol. The van der Waals surface area contributed by atoms with Crippen molar-refractivity contribution in [1.82, 2.24) is 9.88 Å². The largest absolute Gasteiger partial charge is 0.339 e. The molecule has 4 nitrogen and oxygen atoms in total. The monoisotopic (exact) mass is 221 g/mol. The number of aromatic nitrogens is 1. The van der Waals surface area contributed by atoms with Gasteiger partial charge in [0.25, 0.3) is 5.91 Å². The number of amides is 1. The predicted molar refractivity (Wildman–Crippen MR) is 64.2 cm³/mol. The van der Waals surface area contributed by atoms with E-state index < -0.39 is 0 Å². The van der Waals surface area contributed by atoms with E-state index in [1.165, 1.54) is 0 Å². The Bertz CT molecular complexity index is 365. The van der Waals surface area contributed by atoms with Gasteiger partial charge >= 0.3 is 0 Å². The van der Waals surface area contributed by atoms with E-state index in [2.05, 4.69) is 4.98 Å². The van der Waals surface area contributed by atoms with Crippen molar-refractivity contribution in [3.8, 4) is 0 Å². The van der Waals surface area contributed by atoms with Gasteiger partial charge in [-0.05, 0) is 38.9 Å². The van der Waals surface area contributed by atoms with Crippen LogP contribution in [0.5, 0.6) is 0 Å². The van der Waals surface area contributed by atoms with Crippen molar-refractivity contribution in [3.05, 3.63) is 29.6 Å². The van der Waals surface area contributed by atoms with Gasteiger partial charge in [0.2, 0.25) is 0 Å². The molecule has 88 valence electrons. The summed E-state index contributed by atoms with van der Waals surface area (Å²) in [6.45, 7) is 4.43. The highest BCUT2D eigenvalue weighted by Gasteiger charge is 2.18. The Hall–Kier alpha value is -1.42. The topological polar surface area (TPSA) is 59.2 Å². The van der Waals surface area contributed by atoms with Crippen molar-refractivity contribution in [2.45, 2.75) is 26.3 Å². The molecule has 1 amide bonds. The summed E-state index contributed by atoms with van der Waals surface area (Å²) >= 11 is 0. The lowest BCUT2D eigenvalue weighted by Crippen LogP contribution is -2.36. The van der Waals surface area contributed by atoms with E-state index in [0.717, 1.165) is 12.1 Å². The van der Waals surface area contributed by atoms with Crippen molar-refractivity contribution >= 4 is 5.91 Å². The van der Waals surface area contributed by atoms with Gasteiger partial charge in [0, 0.05) is 25.0 Å². The molecule has 0 bridgehead atoms. The lowest BCUT2D eigenvalue weighted by molar-refractivity contribution is 0.0738. The van der Waals surface area contributed by atoms with E-state index in [9.17, 15) is 4.79 Å². The van der Waals surface area contributed by atoms with E-state index in [0.29, 0.717) is 12.1 Å². The quantitative estimate of drug-likeness (QED) is 0.831. The number of aryl methyl sites for hydroxylation is 1. The minimum Gasteiger partial charge on any atom is -0.339 e. The Kier molecular flexibility index (Phi) is 4.43. The SMILES string of the molecule is Cc1ncccc1C(=O)N(C)C(C)CCN. The highest BCUT2D eigenvalue weighted by molar-refractivity contribution is 5.95. The van der Waals surface area contributed by atoms with Gasteiger partial charge < -0.3 is 10.6 Å². The fraction of sp³-hybridized carbons (Fsp3) is 0.500. The van der Waals surface area contributed by atoms with Crippen LogP contribution < -0.4 is 5.73 Å². The molecule has 0 saturated heterocycles. The maximum atomic E-state index is 12.1. The maximum absolute atomic E-state index is 12.1. The Morgan fingerprint density at radius 1 is 1.62 bits per heavy atom. The lowest BCUT2D eigenvalue weighted by Gasteiger charge is -2.25. The lowest BCUT2D eigenvalue weighted by atomic mass is 10.1. The first-order valence-electron chi connectivity index (χ1n) is 5.46. The standard InChI is InChI=1S/C12H19N3O/c1-9(6-7-13)15(3)12(16)11-5-4-8-14-10(11)2/h4-5,8-9H,6-7,13H2,1-3H3. The van der Waals surface area contributed by atoms with E-state index in [-0.39, 0.29) is 11.9 Å². The van der Waals surface area contributed by atoms with E-state index in [4.69, 9.17) is 5.73 Å². The van der Waals surface area contributed by atoms with Crippen LogP contribution in [-0.4, -0.2) is 35.4 Å². The van der Waals surface area contributed by atoms with Crippen LogP contribution in [0, 0.1) is 6.92 Å². The normalized spacial score (nSPS) is 12.2. The number of hydrogen-bond acceptors (Lipinski definition) is 3. The second-order valence-electron chi connectivity index (χ2n) is 3.98. The number of nitrogens with two attached hydrogens (primary N) is 1. The summed E-state index contributed by atoms with van der Waals surface area (Å²) in [5, 5.41) is 0. The average Bonchev–Trinajstić information content (AvgIpc) is 2.28. The zero-order chi connectivity index (χ0) is 12.1. The van der Waals surface area contributed by atoms with Crippen molar-refractivity contribution in [2.75, 3.05) is 13.6 Å². The minimum absolute atomic E-state index is 0.00606. The molecular formula is C12H19N3O. The molecule has 0 saturated carbocycles. The summed E-state index contributed by atoms with van der Waals surface area (Å²) in [5.41, 5.74) is 6.91. The molecule has 0 spiro atoms. The highest BCUT2D eigenvalue weighted by Crippen LogP contribution is 2.10. The Balaban J connectivity index is 2.82. The zero-order valence-electron chi connectivity index (χ0n) is 10.1. The Morgan fingerprint density at radius 2 is 2.31 bits per heavy atom. The van der Waals surface area contributed by atoms with E-state index >= 15 is 0 Å². The molecule has 1 heterocycles. The summed E-state index contributed by atoms with van der Waals surface area (Å²) < 4.78 is 0.